The number of aryl methyl sites for hydroxylation is 1. The Balaban J connectivity index is 2.41. The van der Waals surface area contributed by atoms with Crippen molar-refractivity contribution in [2.24, 2.45) is 0 Å². The maximum absolute atomic E-state index is 10.9. The second kappa shape index (κ2) is 3.57. The maximum Gasteiger partial charge on any atom is 0.308 e. The van der Waals surface area contributed by atoms with Crippen molar-refractivity contribution in [1.82, 2.24) is 0 Å². The van der Waals surface area contributed by atoms with Crippen LogP contribution in [0.4, 0.5) is 0 Å². The predicted octanol–water partition coefficient (Wildman–Crippen LogP) is 2.42. The number of carbonyl (C=O) groups is 1. The molecule has 0 saturated carbocycles. The third-order valence-electron chi connectivity index (χ3n) is 2.58. The van der Waals surface area contributed by atoms with E-state index in [9.17, 15) is 4.79 Å². The molecule has 0 fully saturated rings. The molecule has 1 unspecified atom stereocenters. The zero-order valence-corrected chi connectivity index (χ0v) is 9.16. The normalized spacial score (nSPS) is 18.2. The summed E-state index contributed by atoms with van der Waals surface area (Å²) in [6.45, 7) is 6.12. The fraction of sp³-hybridized carbons (Fsp3) is 0.417. The summed E-state index contributed by atoms with van der Waals surface area (Å²) in [6.07, 6.45) is 0. The highest BCUT2D eigenvalue weighted by Gasteiger charge is 2.22. The van der Waals surface area contributed by atoms with E-state index in [1.807, 2.05) is 19.1 Å². The molecule has 0 radical (unpaired) electrons. The second-order valence-electron chi connectivity index (χ2n) is 3.96. The number of hydrogen-bond donors (Lipinski definition) is 0. The van der Waals surface area contributed by atoms with Gasteiger partial charge < -0.3 is 9.47 Å². The van der Waals surface area contributed by atoms with Crippen molar-refractivity contribution in [2.75, 3.05) is 6.61 Å². The van der Waals surface area contributed by atoms with E-state index >= 15 is 0 Å². The van der Waals surface area contributed by atoms with Gasteiger partial charge >= 0.3 is 5.97 Å². The van der Waals surface area contributed by atoms with Crippen LogP contribution >= 0.6 is 0 Å². The van der Waals surface area contributed by atoms with Gasteiger partial charge in [-0.25, -0.2) is 0 Å². The molecule has 1 atom stereocenters. The van der Waals surface area contributed by atoms with E-state index in [2.05, 4.69) is 6.92 Å². The minimum absolute atomic E-state index is 0.287. The minimum atomic E-state index is -0.287. The Hall–Kier alpha value is -1.51. The van der Waals surface area contributed by atoms with E-state index < -0.39 is 0 Å². The first kappa shape index (κ1) is 10.0. The Labute approximate surface area is 89.0 Å². The number of ether oxygens (including phenoxy) is 2. The van der Waals surface area contributed by atoms with E-state index in [0.717, 1.165) is 16.9 Å². The summed E-state index contributed by atoms with van der Waals surface area (Å²) in [5, 5.41) is 0. The maximum atomic E-state index is 10.9. The summed E-state index contributed by atoms with van der Waals surface area (Å²) in [5.41, 5.74) is 2.05. The van der Waals surface area contributed by atoms with Crippen molar-refractivity contribution in [3.05, 3.63) is 23.3 Å². The standard InChI is InChI=1S/C12H14O3/c1-7-4-12-10(8(2)6-14-12)5-11(7)15-9(3)13/h4-5,8H,6H2,1-3H3. The molecule has 1 aliphatic heterocycles. The highest BCUT2D eigenvalue weighted by atomic mass is 16.5. The largest absolute Gasteiger partial charge is 0.493 e. The highest BCUT2D eigenvalue weighted by molar-refractivity contribution is 5.70. The van der Waals surface area contributed by atoms with E-state index in [4.69, 9.17) is 9.47 Å². The minimum Gasteiger partial charge on any atom is -0.493 e. The molecular formula is C12H14O3. The fourth-order valence-corrected chi connectivity index (χ4v) is 1.76. The molecule has 2 rings (SSSR count). The number of hydrogen-bond acceptors (Lipinski definition) is 3. The van der Waals surface area contributed by atoms with Gasteiger partial charge in [0, 0.05) is 18.4 Å². The van der Waals surface area contributed by atoms with Crippen LogP contribution in [0.25, 0.3) is 0 Å². The Kier molecular flexibility index (Phi) is 2.39. The molecule has 1 aromatic rings. The molecule has 0 spiro atoms. The van der Waals surface area contributed by atoms with Crippen molar-refractivity contribution in [2.45, 2.75) is 26.7 Å². The molecule has 80 valence electrons. The first-order chi connectivity index (χ1) is 7.08. The summed E-state index contributed by atoms with van der Waals surface area (Å²) in [4.78, 5) is 10.9. The number of carbonyl (C=O) groups excluding carboxylic acids is 1. The number of esters is 1. The lowest BCUT2D eigenvalue weighted by molar-refractivity contribution is -0.131. The van der Waals surface area contributed by atoms with Gasteiger partial charge in [-0.1, -0.05) is 6.92 Å². The summed E-state index contributed by atoms with van der Waals surface area (Å²) < 4.78 is 10.6. The zero-order chi connectivity index (χ0) is 11.0. The van der Waals surface area contributed by atoms with E-state index in [1.165, 1.54) is 6.92 Å². The molecule has 0 bridgehead atoms. The molecule has 0 N–H and O–H groups in total. The van der Waals surface area contributed by atoms with Gasteiger partial charge in [0.2, 0.25) is 0 Å². The van der Waals surface area contributed by atoms with Crippen LogP contribution in [0.2, 0.25) is 0 Å². The van der Waals surface area contributed by atoms with Crippen LogP contribution in [0.5, 0.6) is 11.5 Å². The molecule has 3 heteroatoms. The van der Waals surface area contributed by atoms with Gasteiger partial charge in [-0.05, 0) is 24.6 Å². The lowest BCUT2D eigenvalue weighted by atomic mass is 10.0. The first-order valence-corrected chi connectivity index (χ1v) is 5.03. The van der Waals surface area contributed by atoms with Crippen molar-refractivity contribution >= 4 is 5.97 Å². The number of fused-ring (bicyclic) bond motifs is 1. The van der Waals surface area contributed by atoms with E-state index in [-0.39, 0.29) is 5.97 Å². The average Bonchev–Trinajstić information content (AvgIpc) is 2.48. The average molecular weight is 206 g/mol. The summed E-state index contributed by atoms with van der Waals surface area (Å²) >= 11 is 0. The van der Waals surface area contributed by atoms with E-state index in [0.29, 0.717) is 18.3 Å². The van der Waals surface area contributed by atoms with Crippen LogP contribution in [0, 0.1) is 6.92 Å². The van der Waals surface area contributed by atoms with Gasteiger partial charge in [-0.3, -0.25) is 4.79 Å². The SMILES string of the molecule is CC(=O)Oc1cc2c(cc1C)OCC2C. The Morgan fingerprint density at radius 3 is 2.93 bits per heavy atom. The third kappa shape index (κ3) is 1.82. The van der Waals surface area contributed by atoms with Crippen LogP contribution in [0.3, 0.4) is 0 Å². The molecular weight excluding hydrogens is 192 g/mol. The van der Waals surface area contributed by atoms with Crippen LogP contribution in [-0.2, 0) is 4.79 Å². The first-order valence-electron chi connectivity index (χ1n) is 5.03. The van der Waals surface area contributed by atoms with Crippen molar-refractivity contribution in [1.29, 1.82) is 0 Å². The fourth-order valence-electron chi connectivity index (χ4n) is 1.76. The Morgan fingerprint density at radius 1 is 1.53 bits per heavy atom. The lowest BCUT2D eigenvalue weighted by Crippen LogP contribution is -2.03. The number of benzene rings is 1. The zero-order valence-electron chi connectivity index (χ0n) is 9.16. The van der Waals surface area contributed by atoms with Crippen molar-refractivity contribution in [3.8, 4) is 11.5 Å². The van der Waals surface area contributed by atoms with E-state index in [1.54, 1.807) is 0 Å². The summed E-state index contributed by atoms with van der Waals surface area (Å²) in [5.74, 6) is 1.63. The van der Waals surface area contributed by atoms with Crippen molar-refractivity contribution < 1.29 is 14.3 Å². The van der Waals surface area contributed by atoms with Gasteiger partial charge in [0.05, 0.1) is 6.61 Å². The molecule has 0 aromatic heterocycles. The molecule has 0 amide bonds. The smallest absolute Gasteiger partial charge is 0.308 e. The van der Waals surface area contributed by atoms with Gasteiger partial charge in [0.15, 0.2) is 0 Å². The van der Waals surface area contributed by atoms with Gasteiger partial charge in [-0.15, -0.1) is 0 Å². The van der Waals surface area contributed by atoms with Crippen LogP contribution < -0.4 is 9.47 Å². The molecule has 3 nitrogen and oxygen atoms in total. The van der Waals surface area contributed by atoms with Crippen LogP contribution in [0.15, 0.2) is 12.1 Å². The van der Waals surface area contributed by atoms with Gasteiger partial charge in [0.25, 0.3) is 0 Å². The topological polar surface area (TPSA) is 35.5 Å². The van der Waals surface area contributed by atoms with Crippen LogP contribution in [0.1, 0.15) is 30.9 Å². The monoisotopic (exact) mass is 206 g/mol. The van der Waals surface area contributed by atoms with Crippen molar-refractivity contribution in [3.63, 3.8) is 0 Å². The molecule has 1 aromatic carbocycles. The van der Waals surface area contributed by atoms with Gasteiger partial charge in [0.1, 0.15) is 11.5 Å². The van der Waals surface area contributed by atoms with Gasteiger partial charge in [-0.2, -0.15) is 0 Å². The molecule has 0 aliphatic carbocycles. The quantitative estimate of drug-likeness (QED) is 0.523. The van der Waals surface area contributed by atoms with Crippen LogP contribution in [-0.4, -0.2) is 12.6 Å². The highest BCUT2D eigenvalue weighted by Crippen LogP contribution is 2.38. The lowest BCUT2D eigenvalue weighted by Gasteiger charge is -2.08. The molecule has 1 aliphatic rings. The third-order valence-corrected chi connectivity index (χ3v) is 2.58. The number of rotatable bonds is 1. The Morgan fingerprint density at radius 2 is 2.27 bits per heavy atom. The molecule has 1 heterocycles. The Bertz CT molecular complexity index is 410. The molecule has 0 saturated heterocycles. The predicted molar refractivity (Wildman–Crippen MR) is 56.4 cm³/mol. The summed E-state index contributed by atoms with van der Waals surface area (Å²) in [6, 6.07) is 3.83. The molecule has 15 heavy (non-hydrogen) atoms. The second-order valence-corrected chi connectivity index (χ2v) is 3.96. The summed E-state index contributed by atoms with van der Waals surface area (Å²) in [7, 11) is 0.